The van der Waals surface area contributed by atoms with Crippen LogP contribution < -0.4 is 5.32 Å². The fourth-order valence-corrected chi connectivity index (χ4v) is 4.37. The first-order valence-electron chi connectivity index (χ1n) is 9.06. The number of nitrogens with zero attached hydrogens (tertiary/aromatic N) is 2. The molecule has 3 rings (SSSR count). The summed E-state index contributed by atoms with van der Waals surface area (Å²) in [4.78, 5) is 31.7. The number of halogens is 1. The number of thioether (sulfide) groups is 1. The average Bonchev–Trinajstić information content (AvgIpc) is 2.65. The number of carbonyl (C=O) groups excluding carboxylic acids is 2. The second-order valence-electron chi connectivity index (χ2n) is 6.63. The first kappa shape index (κ1) is 20.6. The van der Waals surface area contributed by atoms with Gasteiger partial charge in [0.15, 0.2) is 5.17 Å². The Kier molecular flexibility index (Phi) is 6.57. The summed E-state index contributed by atoms with van der Waals surface area (Å²) >= 11 is 4.74. The molecule has 0 aliphatic carbocycles. The number of amidine groups is 1. The first-order chi connectivity index (χ1) is 13.4. The van der Waals surface area contributed by atoms with E-state index in [4.69, 9.17) is 0 Å². The number of amides is 2. The molecule has 2 aromatic carbocycles. The summed E-state index contributed by atoms with van der Waals surface area (Å²) in [6.45, 7) is 6.40. The van der Waals surface area contributed by atoms with Gasteiger partial charge in [-0.15, -0.1) is 0 Å². The molecule has 146 valence electrons. The van der Waals surface area contributed by atoms with Crippen molar-refractivity contribution in [3.8, 4) is 0 Å². The van der Waals surface area contributed by atoms with Crippen LogP contribution in [0, 0.1) is 13.8 Å². The monoisotopic (exact) mass is 459 g/mol. The summed E-state index contributed by atoms with van der Waals surface area (Å²) in [6.07, 6.45) is 0.161. The van der Waals surface area contributed by atoms with E-state index in [2.05, 4.69) is 26.2 Å². The number of hydrogen-bond donors (Lipinski definition) is 1. The number of aryl methyl sites for hydroxylation is 2. The minimum absolute atomic E-state index is 0.0853. The number of nitrogens with one attached hydrogen (secondary N) is 1. The van der Waals surface area contributed by atoms with Crippen LogP contribution >= 0.6 is 27.7 Å². The van der Waals surface area contributed by atoms with Gasteiger partial charge in [-0.3, -0.25) is 14.5 Å². The van der Waals surface area contributed by atoms with Crippen LogP contribution in [-0.4, -0.2) is 33.7 Å². The maximum atomic E-state index is 12.8. The third-order valence-electron chi connectivity index (χ3n) is 4.44. The molecule has 7 heteroatoms. The molecule has 5 nitrogen and oxygen atoms in total. The van der Waals surface area contributed by atoms with Gasteiger partial charge in [-0.25, -0.2) is 4.99 Å². The highest BCUT2D eigenvalue weighted by molar-refractivity contribution is 9.10. The summed E-state index contributed by atoms with van der Waals surface area (Å²) in [5, 5.41) is 3.01. The van der Waals surface area contributed by atoms with Gasteiger partial charge in [0, 0.05) is 23.1 Å². The average molecular weight is 460 g/mol. The summed E-state index contributed by atoms with van der Waals surface area (Å²) in [7, 11) is 0. The molecule has 0 saturated carbocycles. The SMILES string of the molecule is CCN1C(=O)CC(C(=O)Nc2ccc(C)cc2C)SC1=Nc1ccc(Br)cc1. The summed E-state index contributed by atoms with van der Waals surface area (Å²) < 4.78 is 0.960. The van der Waals surface area contributed by atoms with Gasteiger partial charge in [-0.1, -0.05) is 45.4 Å². The van der Waals surface area contributed by atoms with Crippen LogP contribution in [0.5, 0.6) is 0 Å². The lowest BCUT2D eigenvalue weighted by Gasteiger charge is -2.31. The Bertz CT molecular complexity index is 928. The first-order valence-corrected chi connectivity index (χ1v) is 10.7. The van der Waals surface area contributed by atoms with Gasteiger partial charge in [-0.05, 0) is 56.7 Å². The highest BCUT2D eigenvalue weighted by atomic mass is 79.9. The maximum Gasteiger partial charge on any atom is 0.238 e. The highest BCUT2D eigenvalue weighted by Gasteiger charge is 2.35. The zero-order valence-corrected chi connectivity index (χ0v) is 18.4. The summed E-state index contributed by atoms with van der Waals surface area (Å²) in [6, 6.07) is 13.4. The van der Waals surface area contributed by atoms with E-state index in [1.807, 2.05) is 63.2 Å². The smallest absolute Gasteiger partial charge is 0.238 e. The Morgan fingerprint density at radius 1 is 1.25 bits per heavy atom. The number of aliphatic imine (C=N–C) groups is 1. The Labute approximate surface area is 177 Å². The Balaban J connectivity index is 1.81. The van der Waals surface area contributed by atoms with Crippen LogP contribution in [0.15, 0.2) is 51.9 Å². The van der Waals surface area contributed by atoms with Crippen LogP contribution in [0.4, 0.5) is 11.4 Å². The van der Waals surface area contributed by atoms with Crippen molar-refractivity contribution in [2.24, 2.45) is 4.99 Å². The largest absolute Gasteiger partial charge is 0.325 e. The number of rotatable bonds is 4. The zero-order chi connectivity index (χ0) is 20.3. The molecule has 1 heterocycles. The van der Waals surface area contributed by atoms with Crippen molar-refractivity contribution >= 4 is 56.0 Å². The lowest BCUT2D eigenvalue weighted by Crippen LogP contribution is -2.45. The topological polar surface area (TPSA) is 61.8 Å². The minimum Gasteiger partial charge on any atom is -0.325 e. The van der Waals surface area contributed by atoms with Crippen molar-refractivity contribution in [3.05, 3.63) is 58.1 Å². The van der Waals surface area contributed by atoms with Gasteiger partial charge < -0.3 is 5.32 Å². The number of benzene rings is 2. The second-order valence-corrected chi connectivity index (χ2v) is 8.71. The van der Waals surface area contributed by atoms with Gasteiger partial charge in [-0.2, -0.15) is 0 Å². The maximum absolute atomic E-state index is 12.8. The fraction of sp³-hybridized carbons (Fsp3) is 0.286. The van der Waals surface area contributed by atoms with Crippen molar-refractivity contribution in [1.29, 1.82) is 0 Å². The standard InChI is InChI=1S/C21H22BrN3O2S/c1-4-25-19(26)12-18(20(27)24-17-10-5-13(2)11-14(17)3)28-21(25)23-16-8-6-15(22)7-9-16/h5-11,18H,4,12H2,1-3H3,(H,24,27). The molecule has 0 radical (unpaired) electrons. The second kappa shape index (κ2) is 8.92. The van der Waals surface area contributed by atoms with Crippen LogP contribution in [0.2, 0.25) is 0 Å². The van der Waals surface area contributed by atoms with E-state index < -0.39 is 5.25 Å². The molecule has 1 atom stereocenters. The van der Waals surface area contributed by atoms with Gasteiger partial charge in [0.05, 0.1) is 5.69 Å². The van der Waals surface area contributed by atoms with Crippen molar-refractivity contribution < 1.29 is 9.59 Å². The molecule has 0 aromatic heterocycles. The zero-order valence-electron chi connectivity index (χ0n) is 16.0. The van der Waals surface area contributed by atoms with E-state index in [0.717, 1.165) is 27.0 Å². The molecule has 2 amide bonds. The molecule has 2 aromatic rings. The number of hydrogen-bond acceptors (Lipinski definition) is 4. The molecule has 1 aliphatic heterocycles. The Morgan fingerprint density at radius 3 is 2.61 bits per heavy atom. The Morgan fingerprint density at radius 2 is 1.96 bits per heavy atom. The van der Waals surface area contributed by atoms with Gasteiger partial charge in [0.2, 0.25) is 11.8 Å². The van der Waals surface area contributed by atoms with E-state index in [1.165, 1.54) is 11.8 Å². The predicted molar refractivity (Wildman–Crippen MR) is 119 cm³/mol. The lowest BCUT2D eigenvalue weighted by molar-refractivity contribution is -0.129. The van der Waals surface area contributed by atoms with Crippen molar-refractivity contribution in [2.75, 3.05) is 11.9 Å². The van der Waals surface area contributed by atoms with E-state index in [-0.39, 0.29) is 18.2 Å². The van der Waals surface area contributed by atoms with Crippen molar-refractivity contribution in [1.82, 2.24) is 4.90 Å². The fourth-order valence-electron chi connectivity index (χ4n) is 2.95. The van der Waals surface area contributed by atoms with Crippen molar-refractivity contribution in [2.45, 2.75) is 32.4 Å². The van der Waals surface area contributed by atoms with E-state index in [0.29, 0.717) is 11.7 Å². The Hall–Kier alpha value is -2.12. The normalized spacial score (nSPS) is 18.4. The van der Waals surface area contributed by atoms with Crippen LogP contribution in [-0.2, 0) is 9.59 Å². The molecular weight excluding hydrogens is 438 g/mol. The highest BCUT2D eigenvalue weighted by Crippen LogP contribution is 2.30. The molecule has 1 aliphatic rings. The van der Waals surface area contributed by atoms with E-state index in [9.17, 15) is 9.59 Å². The molecular formula is C21H22BrN3O2S. The lowest BCUT2D eigenvalue weighted by atomic mass is 10.1. The quantitative estimate of drug-likeness (QED) is 0.695. The molecule has 1 N–H and O–H groups in total. The van der Waals surface area contributed by atoms with Crippen LogP contribution in [0.3, 0.4) is 0 Å². The van der Waals surface area contributed by atoms with E-state index >= 15 is 0 Å². The summed E-state index contributed by atoms with van der Waals surface area (Å²) in [5.74, 6) is -0.262. The molecule has 1 fully saturated rings. The van der Waals surface area contributed by atoms with Crippen molar-refractivity contribution in [3.63, 3.8) is 0 Å². The minimum atomic E-state index is -0.509. The molecule has 1 saturated heterocycles. The number of carbonyl (C=O) groups is 2. The van der Waals surface area contributed by atoms with Crippen LogP contribution in [0.25, 0.3) is 0 Å². The number of anilines is 1. The molecule has 1 unspecified atom stereocenters. The summed E-state index contributed by atoms with van der Waals surface area (Å²) in [5.41, 5.74) is 3.65. The molecule has 0 bridgehead atoms. The third-order valence-corrected chi connectivity index (χ3v) is 6.16. The van der Waals surface area contributed by atoms with E-state index in [1.54, 1.807) is 4.90 Å². The van der Waals surface area contributed by atoms with Crippen LogP contribution in [0.1, 0.15) is 24.5 Å². The molecule has 0 spiro atoms. The third kappa shape index (κ3) is 4.83. The van der Waals surface area contributed by atoms with Gasteiger partial charge in [0.1, 0.15) is 5.25 Å². The van der Waals surface area contributed by atoms with Gasteiger partial charge >= 0.3 is 0 Å². The predicted octanol–water partition coefficient (Wildman–Crippen LogP) is 5.05. The molecule has 28 heavy (non-hydrogen) atoms. The van der Waals surface area contributed by atoms with Gasteiger partial charge in [0.25, 0.3) is 0 Å².